The van der Waals surface area contributed by atoms with E-state index in [1.54, 1.807) is 0 Å². The molecule has 3 saturated heterocycles. The monoisotopic (exact) mass is 678 g/mol. The van der Waals surface area contributed by atoms with E-state index >= 15 is 8.78 Å². The molecule has 4 aromatic rings. The minimum absolute atomic E-state index is 0.0457. The summed E-state index contributed by atoms with van der Waals surface area (Å²) in [5.41, 5.74) is 10.9. The number of aromatic nitrogens is 8. The van der Waals surface area contributed by atoms with E-state index < -0.39 is 83.0 Å². The molecule has 10 atom stereocenters. The third kappa shape index (κ3) is 5.09. The smallest absolute Gasteiger partial charge is 0.382 e. The van der Waals surface area contributed by atoms with Gasteiger partial charge in [-0.3, -0.25) is 37.0 Å². The molecule has 0 amide bonds. The average molecular weight is 678 g/mol. The van der Waals surface area contributed by atoms with Crippen molar-refractivity contribution < 1.29 is 45.5 Å². The Morgan fingerprint density at radius 3 is 2.50 bits per heavy atom. The minimum Gasteiger partial charge on any atom is -0.382 e. The highest BCUT2D eigenvalue weighted by molar-refractivity contribution is 8.44. The number of hydrogen-bond donors (Lipinski definition) is 4. The molecule has 44 heavy (non-hydrogen) atoms. The molecule has 24 heteroatoms. The molecule has 0 spiro atoms. The van der Waals surface area contributed by atoms with Crippen LogP contribution in [0.2, 0.25) is 0 Å². The van der Waals surface area contributed by atoms with E-state index in [1.165, 1.54) is 10.9 Å². The summed E-state index contributed by atoms with van der Waals surface area (Å²) in [6.45, 7) is -5.76. The van der Waals surface area contributed by atoms with Crippen molar-refractivity contribution in [3.05, 3.63) is 29.3 Å². The zero-order valence-corrected chi connectivity index (χ0v) is 24.7. The number of H-pyrrole nitrogens is 1. The first kappa shape index (κ1) is 29.6. The van der Waals surface area contributed by atoms with Gasteiger partial charge in [-0.2, -0.15) is 4.98 Å². The van der Waals surface area contributed by atoms with Crippen LogP contribution in [0.5, 0.6) is 0 Å². The normalized spacial score (nSPS) is 36.6. The average Bonchev–Trinajstić information content (AvgIpc) is 3.72. The largest absolute Gasteiger partial charge is 0.386 e. The summed E-state index contributed by atoms with van der Waals surface area (Å²) in [4.78, 5) is 34.5. The fraction of sp³-hybridized carbons (Fsp3) is 0.500. The number of thiol groups is 1. The molecule has 0 aliphatic carbocycles. The molecule has 0 aromatic carbocycles. The van der Waals surface area contributed by atoms with E-state index in [4.69, 9.17) is 39.0 Å². The Hall–Kier alpha value is -3.07. The number of nitrogen functional groups attached to an aromatic ring is 2. The van der Waals surface area contributed by atoms with Crippen LogP contribution < -0.4 is 17.0 Å². The number of anilines is 2. The number of aromatic amines is 1. The Balaban J connectivity index is 1.18. The molecular weight excluding hydrogens is 656 g/mol. The Morgan fingerprint density at radius 2 is 1.70 bits per heavy atom. The lowest BCUT2D eigenvalue weighted by atomic mass is 10.1. The number of imidazole rings is 2. The second kappa shape index (κ2) is 11.1. The van der Waals surface area contributed by atoms with Crippen LogP contribution >= 0.6 is 27.3 Å². The van der Waals surface area contributed by atoms with Gasteiger partial charge in [0.25, 0.3) is 5.56 Å². The maximum atomic E-state index is 15.9. The summed E-state index contributed by atoms with van der Waals surface area (Å²) in [7, 11) is -3.54. The summed E-state index contributed by atoms with van der Waals surface area (Å²) >= 11 is 3.95. The van der Waals surface area contributed by atoms with Crippen molar-refractivity contribution in [1.82, 2.24) is 39.0 Å². The lowest BCUT2D eigenvalue weighted by molar-refractivity contribution is -0.0557. The van der Waals surface area contributed by atoms with E-state index in [-0.39, 0.29) is 34.1 Å². The molecule has 3 fully saturated rings. The SMILES string of the molecule is Nc1nc2c(ncn2[C@@H]2O[C@@H]3CO[P@@](=O)(S)O[C@H]4[C@@H](F)[C@H](n5cnc6c(N)ncnc65)O[C@@H]4CO[PH](=O)O[C@@H]2[C@@H]3F)c(=O)[nH]1. The van der Waals surface area contributed by atoms with Gasteiger partial charge in [-0.25, -0.2) is 33.3 Å². The fourth-order valence-electron chi connectivity index (χ4n) is 5.19. The number of nitrogens with zero attached hydrogens (tertiary/aromatic N) is 7. The molecule has 1 unspecified atom stereocenters. The maximum Gasteiger partial charge on any atom is 0.386 e. The highest BCUT2D eigenvalue weighted by Crippen LogP contribution is 2.57. The van der Waals surface area contributed by atoms with Crippen LogP contribution in [0.4, 0.5) is 20.5 Å². The standard InChI is InChI=1S/C20H22F2N10O9P2S/c21-8-6-2-37-43(35,44)41-12-7(39-18(9(12)22)31-4-27-10-14(23)25-3-26-15(10)31)1-36-42(34)40-13(8)19(38-6)32-5-28-11-16(32)29-20(24)30-17(11)33/h3-9,12-13,18-19,42H,1-2H2,(H,35,44)(H2,23,25,26)(H3,24,29,30,33)/t6-,7-,8-,9-,12-,13-,18-,19-,43-/m1/s1. The van der Waals surface area contributed by atoms with Crippen molar-refractivity contribution in [1.29, 1.82) is 0 Å². The van der Waals surface area contributed by atoms with Crippen molar-refractivity contribution in [3.8, 4) is 0 Å². The van der Waals surface area contributed by atoms with Crippen LogP contribution in [0.25, 0.3) is 22.3 Å². The Kier molecular flexibility index (Phi) is 7.46. The van der Waals surface area contributed by atoms with E-state index in [0.717, 1.165) is 17.2 Å². The van der Waals surface area contributed by atoms with Gasteiger partial charge in [0.05, 0.1) is 25.9 Å². The fourth-order valence-corrected chi connectivity index (χ4v) is 7.51. The first-order valence-electron chi connectivity index (χ1n) is 12.7. The lowest BCUT2D eigenvalue weighted by Crippen LogP contribution is -2.33. The second-order valence-corrected chi connectivity index (χ2v) is 13.8. The molecule has 236 valence electrons. The predicted octanol–water partition coefficient (Wildman–Crippen LogP) is 0.840. The number of rotatable bonds is 2. The first-order chi connectivity index (χ1) is 21.0. The van der Waals surface area contributed by atoms with Crippen molar-refractivity contribution in [2.24, 2.45) is 0 Å². The maximum absolute atomic E-state index is 15.9. The molecule has 0 radical (unpaired) electrons. The van der Waals surface area contributed by atoms with Crippen LogP contribution in [0.15, 0.2) is 23.8 Å². The van der Waals surface area contributed by atoms with Crippen LogP contribution in [0, 0.1) is 0 Å². The van der Waals surface area contributed by atoms with Gasteiger partial charge in [0, 0.05) is 0 Å². The Bertz CT molecular complexity index is 1880. The van der Waals surface area contributed by atoms with Gasteiger partial charge in [-0.1, -0.05) is 12.2 Å². The molecule has 2 bridgehead atoms. The number of ether oxygens (including phenoxy) is 2. The van der Waals surface area contributed by atoms with Crippen molar-refractivity contribution >= 4 is 61.4 Å². The van der Waals surface area contributed by atoms with Crippen molar-refractivity contribution in [2.75, 3.05) is 24.7 Å². The first-order valence-corrected chi connectivity index (χ1v) is 16.7. The number of nitrogens with one attached hydrogen (secondary N) is 1. The van der Waals surface area contributed by atoms with Gasteiger partial charge < -0.3 is 25.5 Å². The summed E-state index contributed by atoms with van der Waals surface area (Å²) in [5, 5.41) is 0. The summed E-state index contributed by atoms with van der Waals surface area (Å²) < 4.78 is 93.4. The number of hydrogen-bond acceptors (Lipinski definition) is 16. The molecule has 7 rings (SSSR count). The molecule has 4 aromatic heterocycles. The highest BCUT2D eigenvalue weighted by Gasteiger charge is 2.53. The molecule has 0 saturated carbocycles. The minimum atomic E-state index is -4.43. The number of fused-ring (bicyclic) bond motifs is 5. The molecule has 3 aliphatic heterocycles. The predicted molar refractivity (Wildman–Crippen MR) is 147 cm³/mol. The van der Waals surface area contributed by atoms with Crippen molar-refractivity contribution in [2.45, 2.75) is 49.2 Å². The van der Waals surface area contributed by atoms with E-state index in [2.05, 4.69) is 42.2 Å². The molecule has 7 heterocycles. The van der Waals surface area contributed by atoms with Crippen LogP contribution in [-0.4, -0.2) is 89.0 Å². The summed E-state index contributed by atoms with van der Waals surface area (Å²) in [5.74, 6) is -0.205. The van der Waals surface area contributed by atoms with Crippen LogP contribution in [-0.2, 0) is 36.7 Å². The highest BCUT2D eigenvalue weighted by atomic mass is 32.7. The van der Waals surface area contributed by atoms with Crippen LogP contribution in [0.1, 0.15) is 12.5 Å². The van der Waals surface area contributed by atoms with Gasteiger partial charge in [0.2, 0.25) is 5.95 Å². The Labute approximate surface area is 249 Å². The molecular formula is C20H22F2N10O9P2S. The third-order valence-corrected chi connectivity index (χ3v) is 9.65. The summed E-state index contributed by atoms with van der Waals surface area (Å²) in [6, 6.07) is 0. The molecule has 19 nitrogen and oxygen atoms in total. The third-order valence-electron chi connectivity index (χ3n) is 7.17. The van der Waals surface area contributed by atoms with Crippen LogP contribution in [0.3, 0.4) is 0 Å². The lowest BCUT2D eigenvalue weighted by Gasteiger charge is -2.24. The summed E-state index contributed by atoms with van der Waals surface area (Å²) in [6.07, 6.45) is -9.48. The van der Waals surface area contributed by atoms with E-state index in [1.807, 2.05) is 0 Å². The zero-order valence-electron chi connectivity index (χ0n) is 21.9. The second-order valence-electron chi connectivity index (χ2n) is 9.86. The van der Waals surface area contributed by atoms with Gasteiger partial charge in [0.15, 0.2) is 47.4 Å². The zero-order chi connectivity index (χ0) is 30.9. The van der Waals surface area contributed by atoms with E-state index in [9.17, 15) is 13.9 Å². The van der Waals surface area contributed by atoms with Gasteiger partial charge >= 0.3 is 15.1 Å². The van der Waals surface area contributed by atoms with Gasteiger partial charge in [-0.15, -0.1) is 0 Å². The van der Waals surface area contributed by atoms with E-state index in [0.29, 0.717) is 0 Å². The Morgan fingerprint density at radius 1 is 0.977 bits per heavy atom. The van der Waals surface area contributed by atoms with Gasteiger partial charge in [-0.05, 0) is 0 Å². The number of alkyl halides is 2. The van der Waals surface area contributed by atoms with Gasteiger partial charge in [0.1, 0.15) is 36.3 Å². The molecule has 3 aliphatic rings. The van der Waals surface area contributed by atoms with Crippen molar-refractivity contribution in [3.63, 3.8) is 0 Å². The number of halogens is 2. The topological polar surface area (TPSA) is 249 Å². The quantitative estimate of drug-likeness (QED) is 0.169. The molecule has 5 N–H and O–H groups in total. The number of nitrogens with two attached hydrogens (primary N) is 2.